The van der Waals surface area contributed by atoms with E-state index in [9.17, 15) is 0 Å². The van der Waals surface area contributed by atoms with Gasteiger partial charge >= 0.3 is 0 Å². The monoisotopic (exact) mass is 333 g/mol. The summed E-state index contributed by atoms with van der Waals surface area (Å²) in [5.74, 6) is 0. The standard InChI is InChI=1S/C20H19N3S/c21-14-15-8-10-16(11-9-15)18-13-19(20-7-4-12-24-20)23(22-18)17-5-2-1-3-6-17/h1-12,19H,13-14,21H2. The van der Waals surface area contributed by atoms with Gasteiger partial charge in [0.15, 0.2) is 0 Å². The lowest BCUT2D eigenvalue weighted by molar-refractivity contribution is 0.722. The van der Waals surface area contributed by atoms with Crippen LogP contribution in [-0.4, -0.2) is 5.71 Å². The molecule has 0 fully saturated rings. The number of benzene rings is 2. The lowest BCUT2D eigenvalue weighted by atomic mass is 10.0. The molecule has 4 rings (SSSR count). The largest absolute Gasteiger partial charge is 0.326 e. The molecule has 1 aliphatic rings. The number of nitrogens with zero attached hydrogens (tertiary/aromatic N) is 2. The highest BCUT2D eigenvalue weighted by Gasteiger charge is 2.30. The van der Waals surface area contributed by atoms with E-state index in [2.05, 4.69) is 71.1 Å². The van der Waals surface area contributed by atoms with Gasteiger partial charge in [-0.2, -0.15) is 5.10 Å². The predicted octanol–water partition coefficient (Wildman–Crippen LogP) is 4.56. The number of anilines is 1. The zero-order valence-electron chi connectivity index (χ0n) is 13.3. The Morgan fingerprint density at radius 1 is 1.00 bits per heavy atom. The molecule has 0 radical (unpaired) electrons. The van der Waals surface area contributed by atoms with Crippen LogP contribution in [0, 0.1) is 0 Å². The van der Waals surface area contributed by atoms with Gasteiger partial charge in [-0.3, -0.25) is 5.01 Å². The van der Waals surface area contributed by atoms with Crippen molar-refractivity contribution >= 4 is 22.7 Å². The summed E-state index contributed by atoms with van der Waals surface area (Å²) >= 11 is 1.79. The van der Waals surface area contributed by atoms with E-state index in [1.807, 2.05) is 6.07 Å². The van der Waals surface area contributed by atoms with Crippen LogP contribution in [0.3, 0.4) is 0 Å². The average molecular weight is 333 g/mol. The minimum Gasteiger partial charge on any atom is -0.326 e. The van der Waals surface area contributed by atoms with Gasteiger partial charge in [-0.25, -0.2) is 0 Å². The van der Waals surface area contributed by atoms with Crippen LogP contribution in [0.25, 0.3) is 0 Å². The Morgan fingerprint density at radius 3 is 2.46 bits per heavy atom. The summed E-state index contributed by atoms with van der Waals surface area (Å²) in [4.78, 5) is 1.34. The third kappa shape index (κ3) is 2.86. The molecule has 0 amide bonds. The van der Waals surface area contributed by atoms with Crippen LogP contribution in [0.1, 0.15) is 28.5 Å². The van der Waals surface area contributed by atoms with Gasteiger partial charge < -0.3 is 5.73 Å². The molecule has 3 nitrogen and oxygen atoms in total. The SMILES string of the molecule is NCc1ccc(C2=NN(c3ccccc3)C(c3cccs3)C2)cc1. The normalized spacial score (nSPS) is 17.1. The molecule has 1 unspecified atom stereocenters. The molecule has 0 aliphatic carbocycles. The molecule has 120 valence electrons. The molecule has 1 atom stereocenters. The van der Waals surface area contributed by atoms with Gasteiger partial charge in [0.1, 0.15) is 0 Å². The van der Waals surface area contributed by atoms with E-state index in [1.165, 1.54) is 10.4 Å². The Balaban J connectivity index is 1.70. The second kappa shape index (κ2) is 6.59. The fraction of sp³-hybridized carbons (Fsp3) is 0.150. The number of hydrogen-bond acceptors (Lipinski definition) is 4. The van der Waals surface area contributed by atoms with Crippen molar-refractivity contribution in [1.29, 1.82) is 0 Å². The first-order chi connectivity index (χ1) is 11.8. The average Bonchev–Trinajstić information content (AvgIpc) is 3.32. The molecule has 2 heterocycles. The fourth-order valence-electron chi connectivity index (χ4n) is 3.04. The molecule has 0 bridgehead atoms. The number of hydrogen-bond donors (Lipinski definition) is 1. The van der Waals surface area contributed by atoms with Crippen LogP contribution in [0.15, 0.2) is 77.2 Å². The number of para-hydroxylation sites is 1. The summed E-state index contributed by atoms with van der Waals surface area (Å²) in [6.07, 6.45) is 0.914. The van der Waals surface area contributed by atoms with Gasteiger partial charge in [-0.15, -0.1) is 11.3 Å². The molecule has 0 spiro atoms. The van der Waals surface area contributed by atoms with Gasteiger partial charge in [0.25, 0.3) is 0 Å². The van der Waals surface area contributed by atoms with Crippen LogP contribution in [0.5, 0.6) is 0 Å². The van der Waals surface area contributed by atoms with Crippen LogP contribution >= 0.6 is 11.3 Å². The van der Waals surface area contributed by atoms with Crippen molar-refractivity contribution in [2.45, 2.75) is 19.0 Å². The maximum Gasteiger partial charge on any atom is 0.0923 e. The van der Waals surface area contributed by atoms with E-state index in [0.717, 1.165) is 23.4 Å². The van der Waals surface area contributed by atoms with E-state index in [1.54, 1.807) is 11.3 Å². The van der Waals surface area contributed by atoms with Gasteiger partial charge in [0.05, 0.1) is 17.4 Å². The maximum absolute atomic E-state index is 5.70. The molecule has 2 N–H and O–H groups in total. The summed E-state index contributed by atoms with van der Waals surface area (Å²) in [5.41, 5.74) is 10.3. The van der Waals surface area contributed by atoms with Crippen molar-refractivity contribution in [3.8, 4) is 0 Å². The first kappa shape index (κ1) is 15.1. The van der Waals surface area contributed by atoms with Gasteiger partial charge in [-0.05, 0) is 34.7 Å². The van der Waals surface area contributed by atoms with Crippen LogP contribution < -0.4 is 10.7 Å². The Bertz CT molecular complexity index is 823. The lowest BCUT2D eigenvalue weighted by Gasteiger charge is -2.22. The summed E-state index contributed by atoms with van der Waals surface area (Å²) in [5, 5.41) is 9.23. The molecule has 4 heteroatoms. The van der Waals surface area contributed by atoms with E-state index in [4.69, 9.17) is 10.8 Å². The summed E-state index contributed by atoms with van der Waals surface area (Å²) < 4.78 is 0. The number of rotatable bonds is 4. The van der Waals surface area contributed by atoms with Crippen molar-refractivity contribution in [2.24, 2.45) is 10.8 Å². The van der Waals surface area contributed by atoms with Crippen molar-refractivity contribution in [1.82, 2.24) is 0 Å². The van der Waals surface area contributed by atoms with E-state index in [0.29, 0.717) is 6.54 Å². The molecule has 1 aromatic heterocycles. The molecular formula is C20H19N3S. The summed E-state index contributed by atoms with van der Waals surface area (Å²) in [6, 6.07) is 23.4. The molecule has 3 aromatic rings. The molecule has 24 heavy (non-hydrogen) atoms. The highest BCUT2D eigenvalue weighted by Crippen LogP contribution is 2.38. The van der Waals surface area contributed by atoms with E-state index >= 15 is 0 Å². The number of nitrogens with two attached hydrogens (primary N) is 1. The highest BCUT2D eigenvalue weighted by atomic mass is 32.1. The van der Waals surface area contributed by atoms with Crippen LogP contribution in [0.2, 0.25) is 0 Å². The third-order valence-corrected chi connectivity index (χ3v) is 5.30. The molecule has 2 aromatic carbocycles. The Kier molecular flexibility index (Phi) is 4.15. The fourth-order valence-corrected chi connectivity index (χ4v) is 3.85. The van der Waals surface area contributed by atoms with Gasteiger partial charge in [0, 0.05) is 17.8 Å². The van der Waals surface area contributed by atoms with Crippen LogP contribution in [-0.2, 0) is 6.54 Å². The molecule has 1 aliphatic heterocycles. The van der Waals surface area contributed by atoms with Crippen molar-refractivity contribution in [3.63, 3.8) is 0 Å². The molecule has 0 saturated carbocycles. The molecule has 0 saturated heterocycles. The summed E-state index contributed by atoms with van der Waals surface area (Å²) in [6.45, 7) is 0.570. The zero-order valence-corrected chi connectivity index (χ0v) is 14.1. The Hall–Kier alpha value is -2.43. The second-order valence-electron chi connectivity index (χ2n) is 5.86. The van der Waals surface area contributed by atoms with E-state index < -0.39 is 0 Å². The maximum atomic E-state index is 5.70. The van der Waals surface area contributed by atoms with Crippen LogP contribution in [0.4, 0.5) is 5.69 Å². The first-order valence-corrected chi connectivity index (χ1v) is 8.97. The quantitative estimate of drug-likeness (QED) is 0.760. The minimum absolute atomic E-state index is 0.261. The smallest absolute Gasteiger partial charge is 0.0923 e. The topological polar surface area (TPSA) is 41.6 Å². The van der Waals surface area contributed by atoms with Crippen molar-refractivity contribution < 1.29 is 0 Å². The third-order valence-electron chi connectivity index (χ3n) is 4.33. The van der Waals surface area contributed by atoms with Gasteiger partial charge in [-0.1, -0.05) is 48.5 Å². The Labute approximate surface area is 146 Å². The van der Waals surface area contributed by atoms with Crippen molar-refractivity contribution in [3.05, 3.63) is 88.1 Å². The predicted molar refractivity (Wildman–Crippen MR) is 101 cm³/mol. The lowest BCUT2D eigenvalue weighted by Crippen LogP contribution is -2.17. The van der Waals surface area contributed by atoms with E-state index in [-0.39, 0.29) is 6.04 Å². The number of thiophene rings is 1. The Morgan fingerprint density at radius 2 is 1.79 bits per heavy atom. The second-order valence-corrected chi connectivity index (χ2v) is 6.84. The highest BCUT2D eigenvalue weighted by molar-refractivity contribution is 7.10. The number of hydrazone groups is 1. The summed E-state index contributed by atoms with van der Waals surface area (Å²) in [7, 11) is 0. The zero-order chi connectivity index (χ0) is 16.4. The molecular weight excluding hydrogens is 314 g/mol. The van der Waals surface area contributed by atoms with Crippen molar-refractivity contribution in [2.75, 3.05) is 5.01 Å². The van der Waals surface area contributed by atoms with Gasteiger partial charge in [0.2, 0.25) is 0 Å². The first-order valence-electron chi connectivity index (χ1n) is 8.09. The minimum atomic E-state index is 0.261.